The Balaban J connectivity index is 2.21. The van der Waals surface area contributed by atoms with Crippen molar-refractivity contribution in [1.82, 2.24) is 0 Å². The van der Waals surface area contributed by atoms with E-state index >= 15 is 0 Å². The van der Waals surface area contributed by atoms with Gasteiger partial charge < -0.3 is 14.2 Å². The molecule has 0 saturated carbocycles. The van der Waals surface area contributed by atoms with Crippen molar-refractivity contribution in [2.75, 3.05) is 13.2 Å². The Morgan fingerprint density at radius 3 is 2.48 bits per heavy atom. The zero-order chi connectivity index (χ0) is 22.6. The van der Waals surface area contributed by atoms with Gasteiger partial charge in [0, 0.05) is 22.8 Å². The molecule has 0 saturated heterocycles. The Labute approximate surface area is 183 Å². The molecule has 164 valence electrons. The lowest BCUT2D eigenvalue weighted by molar-refractivity contribution is -0.140. The molecule has 0 amide bonds. The minimum Gasteiger partial charge on any atom is -0.493 e. The molecule has 31 heavy (non-hydrogen) atoms. The highest BCUT2D eigenvalue weighted by molar-refractivity contribution is 5.96. The third-order valence-corrected chi connectivity index (χ3v) is 4.97. The average Bonchev–Trinajstić information content (AvgIpc) is 2.75. The van der Waals surface area contributed by atoms with Crippen LogP contribution in [0.1, 0.15) is 57.7 Å². The molecule has 0 aromatic heterocycles. The zero-order valence-electron chi connectivity index (χ0n) is 18.8. The maximum atomic E-state index is 14.8. The first kappa shape index (κ1) is 22.6. The number of carbonyl (C=O) groups excluding carboxylic acids is 1. The van der Waals surface area contributed by atoms with Gasteiger partial charge in [0.05, 0.1) is 13.2 Å². The molecular weight excluding hydrogens is 395 g/mol. The third-order valence-electron chi connectivity index (χ3n) is 4.97. The summed E-state index contributed by atoms with van der Waals surface area (Å²) in [7, 11) is 0. The van der Waals surface area contributed by atoms with Gasteiger partial charge >= 0.3 is 5.97 Å². The Kier molecular flexibility index (Phi) is 6.84. The summed E-state index contributed by atoms with van der Waals surface area (Å²) in [4.78, 5) is 12.0. The lowest BCUT2D eigenvalue weighted by atomic mass is 9.88. The first-order valence-electron chi connectivity index (χ1n) is 10.6. The van der Waals surface area contributed by atoms with Gasteiger partial charge in [0.25, 0.3) is 0 Å². The lowest BCUT2D eigenvalue weighted by Crippen LogP contribution is -2.29. The van der Waals surface area contributed by atoms with Crippen molar-refractivity contribution in [2.24, 2.45) is 0 Å². The number of halogens is 1. The van der Waals surface area contributed by atoms with E-state index in [9.17, 15) is 9.18 Å². The molecule has 0 N–H and O–H groups in total. The van der Waals surface area contributed by atoms with Gasteiger partial charge in [0.1, 0.15) is 17.1 Å². The zero-order valence-corrected chi connectivity index (χ0v) is 18.8. The summed E-state index contributed by atoms with van der Waals surface area (Å²) in [6.07, 6.45) is 2.85. The van der Waals surface area contributed by atoms with Crippen molar-refractivity contribution in [1.29, 1.82) is 0 Å². The number of ether oxygens (including phenoxy) is 3. The van der Waals surface area contributed by atoms with Crippen LogP contribution in [0.3, 0.4) is 0 Å². The first-order chi connectivity index (χ1) is 14.8. The van der Waals surface area contributed by atoms with Crippen molar-refractivity contribution in [3.63, 3.8) is 0 Å². The summed E-state index contributed by atoms with van der Waals surface area (Å²) >= 11 is 0. The largest absolute Gasteiger partial charge is 0.493 e. The number of carbonyl (C=O) groups is 1. The number of allylic oxidation sites excluding steroid dienone is 1. The quantitative estimate of drug-likeness (QED) is 0.384. The van der Waals surface area contributed by atoms with Crippen LogP contribution < -0.4 is 9.47 Å². The van der Waals surface area contributed by atoms with E-state index in [1.807, 2.05) is 57.2 Å². The van der Waals surface area contributed by atoms with Crippen LogP contribution in [0.2, 0.25) is 0 Å². The highest BCUT2D eigenvalue weighted by Crippen LogP contribution is 2.44. The van der Waals surface area contributed by atoms with Crippen molar-refractivity contribution in [3.8, 4) is 11.5 Å². The van der Waals surface area contributed by atoms with E-state index in [4.69, 9.17) is 14.2 Å². The van der Waals surface area contributed by atoms with Crippen molar-refractivity contribution in [2.45, 2.75) is 46.6 Å². The Morgan fingerprint density at radius 1 is 1.13 bits per heavy atom. The molecule has 1 heterocycles. The van der Waals surface area contributed by atoms with Gasteiger partial charge in [-0.15, -0.1) is 0 Å². The van der Waals surface area contributed by atoms with Gasteiger partial charge in [-0.2, -0.15) is 4.39 Å². The van der Waals surface area contributed by atoms with Crippen LogP contribution >= 0.6 is 0 Å². The van der Waals surface area contributed by atoms with E-state index in [2.05, 4.69) is 6.08 Å². The second-order valence-corrected chi connectivity index (χ2v) is 7.98. The predicted molar refractivity (Wildman–Crippen MR) is 121 cm³/mol. The maximum Gasteiger partial charge on any atom is 0.367 e. The summed E-state index contributed by atoms with van der Waals surface area (Å²) in [5.41, 5.74) is 2.98. The van der Waals surface area contributed by atoms with E-state index in [0.717, 1.165) is 23.1 Å². The van der Waals surface area contributed by atoms with Crippen molar-refractivity contribution >= 4 is 17.1 Å². The van der Waals surface area contributed by atoms with E-state index < -0.39 is 17.4 Å². The summed E-state index contributed by atoms with van der Waals surface area (Å²) in [6, 6.07) is 13.6. The number of hydrogen-bond donors (Lipinski definition) is 0. The molecular formula is C26H29FO4. The molecule has 0 aliphatic carbocycles. The fraction of sp³-hybridized carbons (Fsp3) is 0.346. The number of esters is 1. The summed E-state index contributed by atoms with van der Waals surface area (Å²) in [5, 5.41) is 0. The van der Waals surface area contributed by atoms with Gasteiger partial charge in [-0.3, -0.25) is 0 Å². The molecule has 0 unspecified atom stereocenters. The standard InChI is InChI=1S/C26H29FO4/c1-6-13-30-22-15-23-20(14-19(22)17(3)24(27)25(28)29-7-2)21(16-26(4,5)31-23)18-11-9-8-10-12-18/h8-12,14-16H,6-7,13H2,1-5H3/b24-17+. The minimum atomic E-state index is -0.977. The van der Waals surface area contributed by atoms with Crippen LogP contribution in [-0.4, -0.2) is 24.8 Å². The average molecular weight is 425 g/mol. The molecule has 0 radical (unpaired) electrons. The smallest absolute Gasteiger partial charge is 0.367 e. The molecule has 3 rings (SSSR count). The van der Waals surface area contributed by atoms with Gasteiger partial charge in [0.15, 0.2) is 0 Å². The lowest BCUT2D eigenvalue weighted by Gasteiger charge is -2.32. The van der Waals surface area contributed by atoms with Gasteiger partial charge in [-0.1, -0.05) is 37.3 Å². The number of hydrogen-bond acceptors (Lipinski definition) is 4. The van der Waals surface area contributed by atoms with Crippen molar-refractivity contribution < 1.29 is 23.4 Å². The molecule has 0 atom stereocenters. The second kappa shape index (κ2) is 9.38. The Morgan fingerprint density at radius 2 is 1.84 bits per heavy atom. The number of fused-ring (bicyclic) bond motifs is 1. The molecule has 2 aromatic carbocycles. The minimum absolute atomic E-state index is 0.104. The molecule has 4 nitrogen and oxygen atoms in total. The van der Waals surface area contributed by atoms with E-state index in [1.165, 1.54) is 0 Å². The topological polar surface area (TPSA) is 44.8 Å². The monoisotopic (exact) mass is 424 g/mol. The van der Waals surface area contributed by atoms with Gasteiger partial charge in [-0.25, -0.2) is 4.79 Å². The fourth-order valence-corrected chi connectivity index (χ4v) is 3.54. The second-order valence-electron chi connectivity index (χ2n) is 7.98. The highest BCUT2D eigenvalue weighted by Gasteiger charge is 2.30. The molecule has 1 aliphatic rings. The molecule has 2 aromatic rings. The summed E-state index contributed by atoms with van der Waals surface area (Å²) in [5.74, 6) is -0.769. The van der Waals surface area contributed by atoms with Crippen LogP contribution in [0, 0.1) is 0 Å². The molecule has 0 spiro atoms. The molecule has 5 heteroatoms. The summed E-state index contributed by atoms with van der Waals surface area (Å²) < 4.78 is 31.8. The van der Waals surface area contributed by atoms with E-state index in [0.29, 0.717) is 23.7 Å². The van der Waals surface area contributed by atoms with E-state index in [-0.39, 0.29) is 12.2 Å². The Bertz CT molecular complexity index is 1020. The van der Waals surface area contributed by atoms with Crippen LogP contribution in [-0.2, 0) is 9.53 Å². The van der Waals surface area contributed by atoms with Gasteiger partial charge in [-0.05, 0) is 57.4 Å². The highest BCUT2D eigenvalue weighted by atomic mass is 19.1. The normalized spacial score (nSPS) is 15.2. The Hall–Kier alpha value is -3.08. The molecule has 0 bridgehead atoms. The number of rotatable bonds is 7. The summed E-state index contributed by atoms with van der Waals surface area (Å²) in [6.45, 7) is 9.75. The van der Waals surface area contributed by atoms with Gasteiger partial charge in [0.2, 0.25) is 5.83 Å². The van der Waals surface area contributed by atoms with Crippen LogP contribution in [0.5, 0.6) is 11.5 Å². The van der Waals surface area contributed by atoms with Crippen molar-refractivity contribution in [3.05, 3.63) is 71.1 Å². The SMILES string of the molecule is CCCOc1cc2c(cc1/C(C)=C(/F)C(=O)OCC)C(c1ccccc1)=CC(C)(C)O2. The maximum absolute atomic E-state index is 14.8. The van der Waals surface area contributed by atoms with E-state index in [1.54, 1.807) is 19.9 Å². The molecule has 1 aliphatic heterocycles. The number of benzene rings is 2. The predicted octanol–water partition coefficient (Wildman–Crippen LogP) is 6.34. The molecule has 0 fully saturated rings. The van der Waals surface area contributed by atoms with Crippen LogP contribution in [0.4, 0.5) is 4.39 Å². The first-order valence-corrected chi connectivity index (χ1v) is 10.6. The third kappa shape index (κ3) is 4.98. The van der Waals surface area contributed by atoms with Crippen LogP contribution in [0.15, 0.2) is 54.4 Å². The fourth-order valence-electron chi connectivity index (χ4n) is 3.54. The van der Waals surface area contributed by atoms with Crippen LogP contribution in [0.25, 0.3) is 11.1 Å².